The van der Waals surface area contributed by atoms with Crippen molar-refractivity contribution in [3.05, 3.63) is 53.3 Å². The van der Waals surface area contributed by atoms with Crippen molar-refractivity contribution in [3.63, 3.8) is 0 Å². The Morgan fingerprint density at radius 1 is 1.28 bits per heavy atom. The van der Waals surface area contributed by atoms with Crippen molar-refractivity contribution in [1.29, 1.82) is 0 Å². The molecule has 1 aromatic heterocycles. The van der Waals surface area contributed by atoms with Crippen molar-refractivity contribution in [2.24, 2.45) is 4.99 Å². The first kappa shape index (κ1) is 21.3. The van der Waals surface area contributed by atoms with E-state index in [0.717, 1.165) is 17.7 Å². The molecule has 2 rings (SSSR count). The van der Waals surface area contributed by atoms with Crippen LogP contribution in [-0.4, -0.2) is 29.3 Å². The maximum atomic E-state index is 12.7. The second-order valence-corrected chi connectivity index (χ2v) is 5.33. The van der Waals surface area contributed by atoms with E-state index < -0.39 is 11.7 Å². The molecule has 0 aliphatic rings. The molecule has 2 N–H and O–H groups in total. The molecule has 0 atom stereocenters. The molecule has 0 spiro atoms. The molecular weight excluding hydrogens is 446 g/mol. The zero-order valence-electron chi connectivity index (χ0n) is 14.0. The van der Waals surface area contributed by atoms with Crippen LogP contribution in [0.15, 0.2) is 41.7 Å². The highest BCUT2D eigenvalue weighted by Gasteiger charge is 2.30. The summed E-state index contributed by atoms with van der Waals surface area (Å²) in [4.78, 5) is 4.05. The highest BCUT2D eigenvalue weighted by Crippen LogP contribution is 2.29. The van der Waals surface area contributed by atoms with Crippen LogP contribution >= 0.6 is 24.0 Å². The van der Waals surface area contributed by atoms with Gasteiger partial charge in [0, 0.05) is 26.3 Å². The third-order valence-corrected chi connectivity index (χ3v) is 3.33. The quantitative estimate of drug-likeness (QED) is 0.404. The number of halogens is 4. The van der Waals surface area contributed by atoms with Gasteiger partial charge in [0.15, 0.2) is 5.96 Å². The first-order valence-electron chi connectivity index (χ1n) is 7.48. The van der Waals surface area contributed by atoms with Gasteiger partial charge in [-0.3, -0.25) is 9.67 Å². The Labute approximate surface area is 161 Å². The monoisotopic (exact) mass is 467 g/mol. The van der Waals surface area contributed by atoms with Gasteiger partial charge in [-0.25, -0.2) is 0 Å². The summed E-state index contributed by atoms with van der Waals surface area (Å²) in [6.45, 7) is 3.48. The number of aromatic nitrogens is 2. The third-order valence-electron chi connectivity index (χ3n) is 3.33. The number of nitrogens with one attached hydrogen (secondary N) is 2. The number of guanidine groups is 1. The highest BCUT2D eigenvalue weighted by atomic mass is 127. The third kappa shape index (κ3) is 6.92. The van der Waals surface area contributed by atoms with Crippen LogP contribution in [0.25, 0.3) is 0 Å². The zero-order valence-corrected chi connectivity index (χ0v) is 16.3. The summed E-state index contributed by atoms with van der Waals surface area (Å²) < 4.78 is 39.9. The first-order chi connectivity index (χ1) is 11.4. The van der Waals surface area contributed by atoms with Crippen molar-refractivity contribution < 1.29 is 13.2 Å². The average Bonchev–Trinajstić information content (AvgIpc) is 2.95. The van der Waals surface area contributed by atoms with Gasteiger partial charge in [0.1, 0.15) is 0 Å². The molecule has 0 unspecified atom stereocenters. The Morgan fingerprint density at radius 2 is 2.04 bits per heavy atom. The molecule has 0 fully saturated rings. The summed E-state index contributed by atoms with van der Waals surface area (Å²) >= 11 is 0. The number of rotatable bonds is 5. The molecule has 0 aliphatic heterocycles. The fourth-order valence-electron chi connectivity index (χ4n) is 2.14. The number of benzene rings is 1. The lowest BCUT2D eigenvalue weighted by Crippen LogP contribution is -2.38. The molecule has 0 radical (unpaired) electrons. The van der Waals surface area contributed by atoms with Crippen LogP contribution in [0.2, 0.25) is 0 Å². The molecule has 0 amide bonds. The van der Waals surface area contributed by atoms with Gasteiger partial charge in [-0.2, -0.15) is 18.3 Å². The van der Waals surface area contributed by atoms with Crippen molar-refractivity contribution >= 4 is 29.9 Å². The summed E-state index contributed by atoms with van der Waals surface area (Å²) in [5, 5.41) is 10.3. The molecule has 0 bridgehead atoms. The lowest BCUT2D eigenvalue weighted by molar-refractivity contribution is -0.137. The Bertz CT molecular complexity index is 697. The molecule has 9 heteroatoms. The molecule has 0 saturated heterocycles. The first-order valence-corrected chi connectivity index (χ1v) is 7.48. The van der Waals surface area contributed by atoms with E-state index >= 15 is 0 Å². The van der Waals surface area contributed by atoms with E-state index in [2.05, 4.69) is 20.7 Å². The standard InChI is InChI=1S/C16H20F3N5.HI/c1-12-9-23-24(11-12)7-6-21-15(20-2)22-10-13-4-3-5-14(8-13)16(17,18)19;/h3-5,8-9,11H,6-7,10H2,1-2H3,(H2,20,21,22);1H. The predicted molar refractivity (Wildman–Crippen MR) is 102 cm³/mol. The Hall–Kier alpha value is -1.78. The van der Waals surface area contributed by atoms with Crippen molar-refractivity contribution in [1.82, 2.24) is 20.4 Å². The average molecular weight is 467 g/mol. The summed E-state index contributed by atoms with van der Waals surface area (Å²) in [6.07, 6.45) is -0.626. The van der Waals surface area contributed by atoms with Crippen molar-refractivity contribution in [3.8, 4) is 0 Å². The van der Waals surface area contributed by atoms with Crippen LogP contribution < -0.4 is 10.6 Å². The van der Waals surface area contributed by atoms with Crippen molar-refractivity contribution in [2.45, 2.75) is 26.2 Å². The lowest BCUT2D eigenvalue weighted by Gasteiger charge is -2.13. The number of hydrogen-bond acceptors (Lipinski definition) is 2. The summed E-state index contributed by atoms with van der Waals surface area (Å²) in [7, 11) is 1.61. The second kappa shape index (κ2) is 9.64. The van der Waals surface area contributed by atoms with E-state index in [9.17, 15) is 13.2 Å². The van der Waals surface area contributed by atoms with Crippen LogP contribution in [0, 0.1) is 6.92 Å². The molecule has 1 aromatic carbocycles. The van der Waals surface area contributed by atoms with Gasteiger partial charge in [0.2, 0.25) is 0 Å². The Morgan fingerprint density at radius 3 is 2.64 bits per heavy atom. The van der Waals surface area contributed by atoms with Gasteiger partial charge < -0.3 is 10.6 Å². The fourth-order valence-corrected chi connectivity index (χ4v) is 2.14. The topological polar surface area (TPSA) is 54.2 Å². The van der Waals surface area contributed by atoms with Gasteiger partial charge >= 0.3 is 6.18 Å². The van der Waals surface area contributed by atoms with Crippen LogP contribution in [0.4, 0.5) is 13.2 Å². The minimum atomic E-state index is -4.34. The molecule has 5 nitrogen and oxygen atoms in total. The van der Waals surface area contributed by atoms with E-state index in [0.29, 0.717) is 24.6 Å². The van der Waals surface area contributed by atoms with Crippen LogP contribution in [0.3, 0.4) is 0 Å². The maximum Gasteiger partial charge on any atom is 0.416 e. The molecular formula is C16H21F3IN5. The number of hydrogen-bond donors (Lipinski definition) is 2. The molecule has 0 aliphatic carbocycles. The SMILES string of the molecule is CN=C(NCCn1cc(C)cn1)NCc1cccc(C(F)(F)F)c1.I. The lowest BCUT2D eigenvalue weighted by atomic mass is 10.1. The minimum Gasteiger partial charge on any atom is -0.355 e. The van der Waals surface area contributed by atoms with Gasteiger partial charge in [-0.05, 0) is 30.2 Å². The smallest absolute Gasteiger partial charge is 0.355 e. The van der Waals surface area contributed by atoms with E-state index in [4.69, 9.17) is 0 Å². The molecule has 0 saturated carbocycles. The van der Waals surface area contributed by atoms with E-state index in [-0.39, 0.29) is 30.5 Å². The van der Waals surface area contributed by atoms with Crippen LogP contribution in [0.1, 0.15) is 16.7 Å². The molecule has 138 valence electrons. The fraction of sp³-hybridized carbons (Fsp3) is 0.375. The van der Waals surface area contributed by atoms with E-state index in [1.165, 1.54) is 6.07 Å². The summed E-state index contributed by atoms with van der Waals surface area (Å²) in [5.41, 5.74) is 0.969. The molecule has 1 heterocycles. The number of nitrogens with zero attached hydrogens (tertiary/aromatic N) is 3. The van der Waals surface area contributed by atoms with Gasteiger partial charge in [-0.1, -0.05) is 12.1 Å². The normalized spacial score (nSPS) is 11.8. The Kier molecular flexibility index (Phi) is 8.20. The van der Waals surface area contributed by atoms with Crippen molar-refractivity contribution in [2.75, 3.05) is 13.6 Å². The highest BCUT2D eigenvalue weighted by molar-refractivity contribution is 14.0. The minimum absolute atomic E-state index is 0. The van der Waals surface area contributed by atoms with E-state index in [1.54, 1.807) is 19.3 Å². The number of aliphatic imine (C=N–C) groups is 1. The van der Waals surface area contributed by atoms with Crippen LogP contribution in [-0.2, 0) is 19.3 Å². The number of aryl methyl sites for hydroxylation is 1. The molecule has 25 heavy (non-hydrogen) atoms. The second-order valence-electron chi connectivity index (χ2n) is 5.33. The summed E-state index contributed by atoms with van der Waals surface area (Å²) in [6, 6.07) is 5.23. The van der Waals surface area contributed by atoms with E-state index in [1.807, 2.05) is 17.8 Å². The number of alkyl halides is 3. The van der Waals surface area contributed by atoms with Gasteiger partial charge in [0.05, 0.1) is 18.3 Å². The Balaban J connectivity index is 0.00000312. The van der Waals surface area contributed by atoms with Crippen LogP contribution in [0.5, 0.6) is 0 Å². The molecule has 2 aromatic rings. The predicted octanol–water partition coefficient (Wildman–Crippen LogP) is 3.19. The largest absolute Gasteiger partial charge is 0.416 e. The zero-order chi connectivity index (χ0) is 17.6. The van der Waals surface area contributed by atoms with Gasteiger partial charge in [-0.15, -0.1) is 24.0 Å². The summed E-state index contributed by atoms with van der Waals surface area (Å²) in [5.74, 6) is 0.524. The maximum absolute atomic E-state index is 12.7. The van der Waals surface area contributed by atoms with Gasteiger partial charge in [0.25, 0.3) is 0 Å².